The van der Waals surface area contributed by atoms with Gasteiger partial charge in [-0.05, 0) is 24.8 Å². The molecule has 2 aliphatic rings. The zero-order chi connectivity index (χ0) is 15.5. The van der Waals surface area contributed by atoms with E-state index in [1.54, 1.807) is 0 Å². The van der Waals surface area contributed by atoms with E-state index in [9.17, 15) is 4.79 Å². The average Bonchev–Trinajstić information content (AvgIpc) is 3.25. The molecule has 0 spiro atoms. The molecule has 1 aromatic heterocycles. The predicted molar refractivity (Wildman–Crippen MR) is 83.9 cm³/mol. The van der Waals surface area contributed by atoms with Gasteiger partial charge in [0, 0.05) is 37.3 Å². The summed E-state index contributed by atoms with van der Waals surface area (Å²) in [7, 11) is 0. The first-order valence-electron chi connectivity index (χ1n) is 8.30. The molecule has 1 atom stereocenters. The van der Waals surface area contributed by atoms with Gasteiger partial charge in [0.15, 0.2) is 0 Å². The molecule has 1 amide bonds. The highest BCUT2D eigenvalue weighted by Crippen LogP contribution is 2.38. The van der Waals surface area contributed by atoms with E-state index in [0.29, 0.717) is 30.1 Å². The molecule has 0 unspecified atom stereocenters. The largest absolute Gasteiger partial charge is 0.379 e. The molecule has 1 aliphatic carbocycles. The minimum atomic E-state index is -0.0814. The van der Waals surface area contributed by atoms with Crippen molar-refractivity contribution < 1.29 is 9.53 Å². The highest BCUT2D eigenvalue weighted by molar-refractivity contribution is 5.92. The number of H-pyrrole nitrogens is 1. The topological polar surface area (TPSA) is 70.2 Å². The number of carbonyl (C=O) groups excluding carboxylic acids is 1. The lowest BCUT2D eigenvalue weighted by Gasteiger charge is -2.36. The number of aromatic nitrogens is 2. The number of ether oxygens (including phenoxy) is 1. The summed E-state index contributed by atoms with van der Waals surface area (Å²) in [6, 6.07) is 2.24. The Kier molecular flexibility index (Phi) is 4.78. The molecule has 2 N–H and O–H groups in total. The van der Waals surface area contributed by atoms with Gasteiger partial charge >= 0.3 is 0 Å². The van der Waals surface area contributed by atoms with Crippen LogP contribution in [-0.4, -0.2) is 59.9 Å². The third kappa shape index (κ3) is 3.67. The van der Waals surface area contributed by atoms with Crippen LogP contribution in [0.1, 0.15) is 48.8 Å². The molecule has 3 rings (SSSR count). The summed E-state index contributed by atoms with van der Waals surface area (Å²) < 4.78 is 5.41. The molecular weight excluding hydrogens is 280 g/mol. The molecule has 2 heterocycles. The van der Waals surface area contributed by atoms with Gasteiger partial charge in [-0.15, -0.1) is 0 Å². The lowest BCUT2D eigenvalue weighted by atomic mass is 10.0. The van der Waals surface area contributed by atoms with Crippen molar-refractivity contribution in [3.05, 3.63) is 17.5 Å². The van der Waals surface area contributed by atoms with Crippen LogP contribution in [0.4, 0.5) is 0 Å². The van der Waals surface area contributed by atoms with Crippen LogP contribution in [-0.2, 0) is 4.74 Å². The SMILES string of the molecule is CC(C)[C@H](CNC(=O)c1cc(C2CC2)[nH]n1)N1CCOCC1. The molecule has 1 saturated heterocycles. The second-order valence-electron chi connectivity index (χ2n) is 6.65. The van der Waals surface area contributed by atoms with E-state index < -0.39 is 0 Å². The van der Waals surface area contributed by atoms with Gasteiger partial charge < -0.3 is 10.1 Å². The quantitative estimate of drug-likeness (QED) is 0.833. The number of nitrogens with zero attached hydrogens (tertiary/aromatic N) is 2. The van der Waals surface area contributed by atoms with Gasteiger partial charge in [-0.25, -0.2) is 0 Å². The lowest BCUT2D eigenvalue weighted by molar-refractivity contribution is 0.00671. The highest BCUT2D eigenvalue weighted by atomic mass is 16.5. The second-order valence-corrected chi connectivity index (χ2v) is 6.65. The fourth-order valence-electron chi connectivity index (χ4n) is 3.04. The Morgan fingerprint density at radius 2 is 2.18 bits per heavy atom. The Balaban J connectivity index is 1.54. The van der Waals surface area contributed by atoms with Gasteiger partial charge in [-0.3, -0.25) is 14.8 Å². The van der Waals surface area contributed by atoms with Crippen LogP contribution in [0.5, 0.6) is 0 Å². The molecule has 0 bridgehead atoms. The van der Waals surface area contributed by atoms with Crippen molar-refractivity contribution >= 4 is 5.91 Å². The maximum Gasteiger partial charge on any atom is 0.271 e. The predicted octanol–water partition coefficient (Wildman–Crippen LogP) is 1.37. The molecule has 0 radical (unpaired) electrons. The average molecular weight is 306 g/mol. The van der Waals surface area contributed by atoms with Crippen LogP contribution >= 0.6 is 0 Å². The summed E-state index contributed by atoms with van der Waals surface area (Å²) in [5.74, 6) is 0.993. The van der Waals surface area contributed by atoms with E-state index in [2.05, 4.69) is 34.3 Å². The Morgan fingerprint density at radius 3 is 2.82 bits per heavy atom. The van der Waals surface area contributed by atoms with Crippen LogP contribution in [0.25, 0.3) is 0 Å². The number of hydrogen-bond donors (Lipinski definition) is 2. The Labute approximate surface area is 131 Å². The molecule has 6 heteroatoms. The molecule has 122 valence electrons. The van der Waals surface area contributed by atoms with Gasteiger partial charge in [-0.1, -0.05) is 13.8 Å². The van der Waals surface area contributed by atoms with Gasteiger partial charge in [0.1, 0.15) is 5.69 Å². The van der Waals surface area contributed by atoms with Crippen molar-refractivity contribution in [3.8, 4) is 0 Å². The second kappa shape index (κ2) is 6.79. The number of nitrogens with one attached hydrogen (secondary N) is 2. The first-order chi connectivity index (χ1) is 10.6. The summed E-state index contributed by atoms with van der Waals surface area (Å²) in [6.07, 6.45) is 2.41. The summed E-state index contributed by atoms with van der Waals surface area (Å²) in [4.78, 5) is 14.7. The lowest BCUT2D eigenvalue weighted by Crippen LogP contribution is -2.51. The Morgan fingerprint density at radius 1 is 1.45 bits per heavy atom. The summed E-state index contributed by atoms with van der Waals surface area (Å²) in [5.41, 5.74) is 1.60. The molecule has 6 nitrogen and oxygen atoms in total. The molecule has 0 aromatic carbocycles. The third-order valence-corrected chi connectivity index (χ3v) is 4.60. The van der Waals surface area contributed by atoms with E-state index in [1.165, 1.54) is 12.8 Å². The van der Waals surface area contributed by atoms with Crippen LogP contribution < -0.4 is 5.32 Å². The maximum atomic E-state index is 12.3. The van der Waals surface area contributed by atoms with Crippen molar-refractivity contribution in [2.45, 2.75) is 38.6 Å². The Hall–Kier alpha value is -1.40. The molecule has 1 saturated carbocycles. The first kappa shape index (κ1) is 15.5. The van der Waals surface area contributed by atoms with Gasteiger partial charge in [0.05, 0.1) is 13.2 Å². The maximum absolute atomic E-state index is 12.3. The standard InChI is InChI=1S/C16H26N4O2/c1-11(2)15(20-5-7-22-8-6-20)10-17-16(21)14-9-13(18-19-14)12-3-4-12/h9,11-12,15H,3-8,10H2,1-2H3,(H,17,21)(H,18,19)/t15-/m0/s1. The summed E-state index contributed by atoms with van der Waals surface area (Å²) >= 11 is 0. The monoisotopic (exact) mass is 306 g/mol. The minimum Gasteiger partial charge on any atom is -0.379 e. The van der Waals surface area contributed by atoms with Crippen molar-refractivity contribution in [3.63, 3.8) is 0 Å². The van der Waals surface area contributed by atoms with Crippen LogP contribution in [0.2, 0.25) is 0 Å². The summed E-state index contributed by atoms with van der Waals surface area (Å²) in [6.45, 7) is 8.49. The molecule has 22 heavy (non-hydrogen) atoms. The third-order valence-electron chi connectivity index (χ3n) is 4.60. The smallest absolute Gasteiger partial charge is 0.271 e. The molecule has 2 fully saturated rings. The van der Waals surface area contributed by atoms with Gasteiger partial charge in [0.25, 0.3) is 5.91 Å². The van der Waals surface area contributed by atoms with Gasteiger partial charge in [0.2, 0.25) is 0 Å². The molecule has 1 aliphatic heterocycles. The fraction of sp³-hybridized carbons (Fsp3) is 0.750. The van der Waals surface area contributed by atoms with E-state index in [-0.39, 0.29) is 5.91 Å². The highest BCUT2D eigenvalue weighted by Gasteiger charge is 2.27. The zero-order valence-electron chi connectivity index (χ0n) is 13.5. The van der Waals surface area contributed by atoms with Crippen LogP contribution in [0.3, 0.4) is 0 Å². The van der Waals surface area contributed by atoms with Crippen molar-refractivity contribution in [2.24, 2.45) is 5.92 Å². The van der Waals surface area contributed by atoms with Crippen molar-refractivity contribution in [1.82, 2.24) is 20.4 Å². The molecular formula is C16H26N4O2. The van der Waals surface area contributed by atoms with E-state index in [4.69, 9.17) is 4.74 Å². The fourth-order valence-corrected chi connectivity index (χ4v) is 3.04. The van der Waals surface area contributed by atoms with E-state index in [0.717, 1.165) is 32.0 Å². The number of hydrogen-bond acceptors (Lipinski definition) is 4. The van der Waals surface area contributed by atoms with Crippen LogP contribution in [0.15, 0.2) is 6.07 Å². The number of amides is 1. The first-order valence-corrected chi connectivity index (χ1v) is 8.30. The van der Waals surface area contributed by atoms with Crippen LogP contribution in [0, 0.1) is 5.92 Å². The van der Waals surface area contributed by atoms with Crippen molar-refractivity contribution in [2.75, 3.05) is 32.8 Å². The molecule has 1 aromatic rings. The Bertz CT molecular complexity index is 504. The number of morpholine rings is 1. The summed E-state index contributed by atoms with van der Waals surface area (Å²) in [5, 5.41) is 10.2. The zero-order valence-corrected chi connectivity index (χ0v) is 13.5. The number of rotatable bonds is 6. The van der Waals surface area contributed by atoms with Gasteiger partial charge in [-0.2, -0.15) is 5.10 Å². The van der Waals surface area contributed by atoms with E-state index >= 15 is 0 Å². The number of carbonyl (C=O) groups is 1. The van der Waals surface area contributed by atoms with E-state index in [1.807, 2.05) is 6.07 Å². The number of aromatic amines is 1. The van der Waals surface area contributed by atoms with Crippen molar-refractivity contribution in [1.29, 1.82) is 0 Å². The minimum absolute atomic E-state index is 0.0814. The normalized spacial score (nSPS) is 21.0.